The number of hydrogen-bond donors (Lipinski definition) is 1. The first-order chi connectivity index (χ1) is 12.3. The van der Waals surface area contributed by atoms with Crippen LogP contribution in [0.3, 0.4) is 0 Å². The summed E-state index contributed by atoms with van der Waals surface area (Å²) in [5.74, 6) is 2.25. The molecule has 0 radical (unpaired) electrons. The Morgan fingerprint density at radius 3 is 2.92 bits per heavy atom. The van der Waals surface area contributed by atoms with E-state index in [9.17, 15) is 0 Å². The molecule has 0 saturated carbocycles. The summed E-state index contributed by atoms with van der Waals surface area (Å²) in [5, 5.41) is 8.21. The van der Waals surface area contributed by atoms with Crippen LogP contribution < -0.4 is 14.8 Å². The van der Waals surface area contributed by atoms with Crippen LogP contribution in [0.5, 0.6) is 11.5 Å². The van der Waals surface area contributed by atoms with E-state index in [1.807, 2.05) is 23.9 Å². The Hall–Kier alpha value is -2.05. The van der Waals surface area contributed by atoms with Gasteiger partial charge < -0.3 is 19.5 Å². The first kappa shape index (κ1) is 16.4. The zero-order valence-corrected chi connectivity index (χ0v) is 14.7. The normalized spacial score (nSPS) is 19.8. The van der Waals surface area contributed by atoms with Gasteiger partial charge in [0, 0.05) is 50.5 Å². The lowest BCUT2D eigenvalue weighted by Crippen LogP contribution is -2.22. The molecule has 0 bridgehead atoms. The van der Waals surface area contributed by atoms with Gasteiger partial charge in [0.15, 0.2) is 11.5 Å². The Kier molecular flexibility index (Phi) is 4.90. The maximum atomic E-state index is 5.82. The maximum Gasteiger partial charge on any atom is 0.161 e. The van der Waals surface area contributed by atoms with Crippen LogP contribution in [0, 0.1) is 5.92 Å². The van der Waals surface area contributed by atoms with Crippen LogP contribution in [0.1, 0.15) is 18.4 Å². The molecule has 1 aromatic heterocycles. The minimum atomic E-state index is 0.623. The third-order valence-corrected chi connectivity index (χ3v) is 4.70. The molecular formula is C19H25N3O3. The SMILES string of the molecule is Cn1cc(CNCC2CCOC2)c(-c2ccc3c(c2)OCCCO3)n1. The van der Waals surface area contributed by atoms with E-state index in [1.165, 1.54) is 5.56 Å². The second-order valence-electron chi connectivity index (χ2n) is 6.75. The van der Waals surface area contributed by atoms with Crippen LogP contribution in [-0.4, -0.2) is 42.8 Å². The van der Waals surface area contributed by atoms with Crippen molar-refractivity contribution in [3.05, 3.63) is 30.0 Å². The van der Waals surface area contributed by atoms with Gasteiger partial charge in [-0.1, -0.05) is 0 Å². The van der Waals surface area contributed by atoms with Crippen molar-refractivity contribution < 1.29 is 14.2 Å². The monoisotopic (exact) mass is 343 g/mol. The summed E-state index contributed by atoms with van der Waals surface area (Å²) in [4.78, 5) is 0. The molecule has 25 heavy (non-hydrogen) atoms. The molecule has 1 saturated heterocycles. The van der Waals surface area contributed by atoms with Gasteiger partial charge in [-0.05, 0) is 30.5 Å². The number of nitrogens with zero attached hydrogens (tertiary/aromatic N) is 2. The Morgan fingerprint density at radius 1 is 1.20 bits per heavy atom. The van der Waals surface area contributed by atoms with Crippen LogP contribution in [0.25, 0.3) is 11.3 Å². The standard InChI is InChI=1S/C19H25N3O3/c1-22-12-16(11-20-10-14-5-8-23-13-14)19(21-22)15-3-4-17-18(9-15)25-7-2-6-24-17/h3-4,9,12,14,20H,2,5-8,10-11,13H2,1H3. The summed E-state index contributed by atoms with van der Waals surface area (Å²) < 4.78 is 18.8. The van der Waals surface area contributed by atoms with E-state index in [2.05, 4.69) is 22.7 Å². The number of rotatable bonds is 5. The number of fused-ring (bicyclic) bond motifs is 1. The molecule has 2 aliphatic heterocycles. The number of nitrogens with one attached hydrogen (secondary N) is 1. The summed E-state index contributed by atoms with van der Waals surface area (Å²) in [7, 11) is 1.96. The number of benzene rings is 1. The predicted octanol–water partition coefficient (Wildman–Crippen LogP) is 2.37. The van der Waals surface area contributed by atoms with E-state index in [0.717, 1.165) is 61.9 Å². The number of aromatic nitrogens is 2. The van der Waals surface area contributed by atoms with Crippen LogP contribution >= 0.6 is 0 Å². The smallest absolute Gasteiger partial charge is 0.161 e. The lowest BCUT2D eigenvalue weighted by Gasteiger charge is -2.11. The Balaban J connectivity index is 1.50. The number of aryl methyl sites for hydroxylation is 1. The Labute approximate surface area is 148 Å². The minimum Gasteiger partial charge on any atom is -0.490 e. The molecule has 0 spiro atoms. The quantitative estimate of drug-likeness (QED) is 0.903. The first-order valence-corrected chi connectivity index (χ1v) is 9.00. The highest BCUT2D eigenvalue weighted by molar-refractivity contribution is 5.66. The molecule has 134 valence electrons. The maximum absolute atomic E-state index is 5.82. The lowest BCUT2D eigenvalue weighted by molar-refractivity contribution is 0.185. The van der Waals surface area contributed by atoms with Crippen molar-refractivity contribution in [1.82, 2.24) is 15.1 Å². The third-order valence-electron chi connectivity index (χ3n) is 4.70. The summed E-state index contributed by atoms with van der Waals surface area (Å²) in [6, 6.07) is 6.08. The highest BCUT2D eigenvalue weighted by atomic mass is 16.5. The van der Waals surface area contributed by atoms with Gasteiger partial charge in [0.2, 0.25) is 0 Å². The van der Waals surface area contributed by atoms with Gasteiger partial charge in [0.25, 0.3) is 0 Å². The van der Waals surface area contributed by atoms with Gasteiger partial charge in [0.05, 0.1) is 25.5 Å². The molecule has 6 nitrogen and oxygen atoms in total. The molecule has 2 aromatic rings. The lowest BCUT2D eigenvalue weighted by atomic mass is 10.1. The molecule has 0 amide bonds. The molecule has 1 N–H and O–H groups in total. The summed E-state index contributed by atoms with van der Waals surface area (Å²) in [6.07, 6.45) is 4.14. The van der Waals surface area contributed by atoms with Gasteiger partial charge >= 0.3 is 0 Å². The number of hydrogen-bond acceptors (Lipinski definition) is 5. The fourth-order valence-corrected chi connectivity index (χ4v) is 3.38. The topological polar surface area (TPSA) is 57.5 Å². The fourth-order valence-electron chi connectivity index (χ4n) is 3.38. The highest BCUT2D eigenvalue weighted by Gasteiger charge is 2.17. The van der Waals surface area contributed by atoms with Crippen molar-refractivity contribution in [2.45, 2.75) is 19.4 Å². The predicted molar refractivity (Wildman–Crippen MR) is 94.9 cm³/mol. The molecule has 1 unspecified atom stereocenters. The van der Waals surface area contributed by atoms with Gasteiger partial charge in [-0.2, -0.15) is 5.10 Å². The highest BCUT2D eigenvalue weighted by Crippen LogP contribution is 2.34. The van der Waals surface area contributed by atoms with Crippen molar-refractivity contribution >= 4 is 0 Å². The van der Waals surface area contributed by atoms with Crippen molar-refractivity contribution in [2.75, 3.05) is 33.0 Å². The van der Waals surface area contributed by atoms with Crippen LogP contribution in [-0.2, 0) is 18.3 Å². The Morgan fingerprint density at radius 2 is 2.08 bits per heavy atom. The zero-order valence-electron chi connectivity index (χ0n) is 14.7. The van der Waals surface area contributed by atoms with E-state index in [-0.39, 0.29) is 0 Å². The van der Waals surface area contributed by atoms with Crippen LogP contribution in [0.2, 0.25) is 0 Å². The summed E-state index contributed by atoms with van der Waals surface area (Å²) in [5.41, 5.74) is 3.25. The average Bonchev–Trinajstić information content (AvgIpc) is 3.19. The van der Waals surface area contributed by atoms with Gasteiger partial charge in [-0.15, -0.1) is 0 Å². The molecule has 3 heterocycles. The molecule has 1 fully saturated rings. The fraction of sp³-hybridized carbons (Fsp3) is 0.526. The van der Waals surface area contributed by atoms with Crippen molar-refractivity contribution in [3.63, 3.8) is 0 Å². The van der Waals surface area contributed by atoms with E-state index in [4.69, 9.17) is 14.2 Å². The van der Waals surface area contributed by atoms with Gasteiger partial charge in [-0.25, -0.2) is 0 Å². The van der Waals surface area contributed by atoms with Gasteiger partial charge in [0.1, 0.15) is 0 Å². The third kappa shape index (κ3) is 3.80. The van der Waals surface area contributed by atoms with Crippen LogP contribution in [0.15, 0.2) is 24.4 Å². The molecule has 1 aromatic carbocycles. The Bertz CT molecular complexity index is 723. The first-order valence-electron chi connectivity index (χ1n) is 9.00. The molecule has 4 rings (SSSR count). The molecule has 1 atom stereocenters. The van der Waals surface area contributed by atoms with E-state index in [0.29, 0.717) is 19.1 Å². The average molecular weight is 343 g/mol. The van der Waals surface area contributed by atoms with Crippen LogP contribution in [0.4, 0.5) is 0 Å². The van der Waals surface area contributed by atoms with Crippen molar-refractivity contribution in [2.24, 2.45) is 13.0 Å². The minimum absolute atomic E-state index is 0.623. The molecule has 2 aliphatic rings. The van der Waals surface area contributed by atoms with E-state index >= 15 is 0 Å². The van der Waals surface area contributed by atoms with Gasteiger partial charge in [-0.3, -0.25) is 4.68 Å². The second kappa shape index (κ2) is 7.45. The van der Waals surface area contributed by atoms with Crippen molar-refractivity contribution in [3.8, 4) is 22.8 Å². The second-order valence-corrected chi connectivity index (χ2v) is 6.75. The molecular weight excluding hydrogens is 318 g/mol. The molecule has 6 heteroatoms. The summed E-state index contributed by atoms with van der Waals surface area (Å²) in [6.45, 7) is 4.94. The summed E-state index contributed by atoms with van der Waals surface area (Å²) >= 11 is 0. The molecule has 0 aliphatic carbocycles. The number of ether oxygens (including phenoxy) is 3. The van der Waals surface area contributed by atoms with Crippen molar-refractivity contribution in [1.29, 1.82) is 0 Å². The van der Waals surface area contributed by atoms with E-state index < -0.39 is 0 Å². The zero-order chi connectivity index (χ0) is 17.1. The largest absolute Gasteiger partial charge is 0.490 e. The van der Waals surface area contributed by atoms with E-state index in [1.54, 1.807) is 0 Å².